The van der Waals surface area contributed by atoms with Gasteiger partial charge in [0.15, 0.2) is 0 Å². The Morgan fingerprint density at radius 2 is 1.60 bits per heavy atom. The summed E-state index contributed by atoms with van der Waals surface area (Å²) in [6.07, 6.45) is 0. The summed E-state index contributed by atoms with van der Waals surface area (Å²) in [5.41, 5.74) is 5.23. The van der Waals surface area contributed by atoms with Gasteiger partial charge in [-0.25, -0.2) is 0 Å². The smallest absolute Gasteiger partial charge is 0.200 e. The van der Waals surface area contributed by atoms with Crippen molar-refractivity contribution in [2.75, 3.05) is 4.83 Å². The number of sulfonamides is 1. The Kier molecular flexibility index (Phi) is 5.37. The van der Waals surface area contributed by atoms with Gasteiger partial charge in [-0.2, -0.15) is 23.1 Å². The van der Waals surface area contributed by atoms with Gasteiger partial charge in [0.2, 0.25) is 0 Å². The van der Waals surface area contributed by atoms with Crippen LogP contribution in [0.4, 0.5) is 0 Å². The maximum absolute atomic E-state index is 12.9. The van der Waals surface area contributed by atoms with E-state index in [0.29, 0.717) is 16.4 Å². The van der Waals surface area contributed by atoms with Crippen LogP contribution in [0.5, 0.6) is 0 Å². The monoisotopic (exact) mass is 437 g/mol. The van der Waals surface area contributed by atoms with Crippen molar-refractivity contribution in [1.82, 2.24) is 9.89 Å². The number of aryl methyl sites for hydroxylation is 2. The number of nitrogens with zero attached hydrogens (tertiary/aromatic N) is 2. The zero-order chi connectivity index (χ0) is 21.3. The lowest BCUT2D eigenvalue weighted by atomic mass is 10.0. The highest BCUT2D eigenvalue weighted by molar-refractivity contribution is 7.92. The predicted molar refractivity (Wildman–Crippen MR) is 121 cm³/mol. The molecule has 4 aromatic rings. The van der Waals surface area contributed by atoms with Crippen LogP contribution in [0.2, 0.25) is 5.02 Å². The molecular formula is C23H20ClN3O2S. The van der Waals surface area contributed by atoms with Gasteiger partial charge in [-0.05, 0) is 49.7 Å². The van der Waals surface area contributed by atoms with Crippen LogP contribution in [0.25, 0.3) is 22.5 Å². The second-order valence-corrected chi connectivity index (χ2v) is 9.16. The Morgan fingerprint density at radius 1 is 0.900 bits per heavy atom. The molecule has 4 rings (SSSR count). The number of nitrogens with one attached hydrogen (secondary N) is 1. The van der Waals surface area contributed by atoms with Crippen molar-refractivity contribution in [1.29, 1.82) is 0 Å². The molecule has 1 N–H and O–H groups in total. The molecular weight excluding hydrogens is 418 g/mol. The van der Waals surface area contributed by atoms with Gasteiger partial charge >= 0.3 is 0 Å². The van der Waals surface area contributed by atoms with Crippen LogP contribution in [0.1, 0.15) is 11.1 Å². The first-order chi connectivity index (χ1) is 14.3. The Morgan fingerprint density at radius 3 is 2.27 bits per heavy atom. The molecule has 0 saturated heterocycles. The van der Waals surface area contributed by atoms with Crippen LogP contribution < -0.4 is 4.83 Å². The summed E-state index contributed by atoms with van der Waals surface area (Å²) in [5.74, 6) is 0. The van der Waals surface area contributed by atoms with E-state index in [0.717, 1.165) is 22.3 Å². The third-order valence-electron chi connectivity index (χ3n) is 4.77. The van der Waals surface area contributed by atoms with Crippen molar-refractivity contribution in [3.63, 3.8) is 0 Å². The normalized spacial score (nSPS) is 11.4. The van der Waals surface area contributed by atoms with Crippen molar-refractivity contribution in [2.45, 2.75) is 18.7 Å². The van der Waals surface area contributed by atoms with Gasteiger partial charge < -0.3 is 0 Å². The van der Waals surface area contributed by atoms with Crippen LogP contribution in [-0.4, -0.2) is 18.3 Å². The number of hydrogen-bond acceptors (Lipinski definition) is 3. The summed E-state index contributed by atoms with van der Waals surface area (Å²) in [6.45, 7) is 4.04. The van der Waals surface area contributed by atoms with E-state index in [1.165, 1.54) is 4.79 Å². The molecule has 0 atom stereocenters. The van der Waals surface area contributed by atoms with E-state index in [-0.39, 0.29) is 4.90 Å². The van der Waals surface area contributed by atoms with Gasteiger partial charge in [0.1, 0.15) is 0 Å². The fraction of sp³-hybridized carbons (Fsp3) is 0.0870. The molecule has 7 heteroatoms. The van der Waals surface area contributed by atoms with Crippen LogP contribution in [0, 0.1) is 13.8 Å². The molecule has 0 spiro atoms. The topological polar surface area (TPSA) is 64.0 Å². The van der Waals surface area contributed by atoms with E-state index >= 15 is 0 Å². The number of rotatable bonds is 5. The van der Waals surface area contributed by atoms with Gasteiger partial charge in [0.25, 0.3) is 10.0 Å². The molecule has 0 unspecified atom stereocenters. The van der Waals surface area contributed by atoms with Crippen molar-refractivity contribution < 1.29 is 8.42 Å². The minimum absolute atomic E-state index is 0.163. The van der Waals surface area contributed by atoms with Crippen LogP contribution in [0.3, 0.4) is 0 Å². The molecule has 3 aromatic carbocycles. The fourth-order valence-electron chi connectivity index (χ4n) is 3.28. The molecule has 1 heterocycles. The van der Waals surface area contributed by atoms with E-state index < -0.39 is 10.0 Å². The second-order valence-electron chi connectivity index (χ2n) is 7.06. The predicted octanol–water partition coefficient (Wildman–Crippen LogP) is 5.42. The zero-order valence-electron chi connectivity index (χ0n) is 16.5. The van der Waals surface area contributed by atoms with E-state index in [9.17, 15) is 8.42 Å². The third-order valence-corrected chi connectivity index (χ3v) is 6.33. The largest absolute Gasteiger partial charge is 0.276 e. The molecule has 0 saturated carbocycles. The summed E-state index contributed by atoms with van der Waals surface area (Å²) < 4.78 is 25.8. The highest BCUT2D eigenvalue weighted by Crippen LogP contribution is 2.29. The summed E-state index contributed by atoms with van der Waals surface area (Å²) in [4.78, 5) is 4.05. The first-order valence-electron chi connectivity index (χ1n) is 9.35. The van der Waals surface area contributed by atoms with Crippen LogP contribution >= 0.6 is 11.6 Å². The van der Waals surface area contributed by atoms with Gasteiger partial charge in [-0.1, -0.05) is 65.7 Å². The quantitative estimate of drug-likeness (QED) is 0.453. The number of benzene rings is 3. The summed E-state index contributed by atoms with van der Waals surface area (Å²) in [7, 11) is -3.81. The molecule has 0 radical (unpaired) electrons. The molecule has 0 fully saturated rings. The first-order valence-corrected chi connectivity index (χ1v) is 11.2. The molecule has 1 aromatic heterocycles. The molecule has 0 aliphatic heterocycles. The lowest BCUT2D eigenvalue weighted by Crippen LogP contribution is -2.25. The van der Waals surface area contributed by atoms with E-state index in [1.807, 2.05) is 44.2 Å². The first kappa shape index (κ1) is 20.2. The average Bonchev–Trinajstić information content (AvgIpc) is 3.12. The molecule has 0 bridgehead atoms. The lowest BCUT2D eigenvalue weighted by molar-refractivity contribution is 0.592. The number of halogens is 1. The molecule has 0 aliphatic carbocycles. The molecule has 152 valence electrons. The van der Waals surface area contributed by atoms with Crippen molar-refractivity contribution in [2.24, 2.45) is 0 Å². The number of aromatic nitrogens is 2. The maximum Gasteiger partial charge on any atom is 0.276 e. The minimum atomic E-state index is -3.81. The Balaban J connectivity index is 1.83. The lowest BCUT2D eigenvalue weighted by Gasteiger charge is -2.11. The summed E-state index contributed by atoms with van der Waals surface area (Å²) in [6, 6.07) is 23.3. The Hall–Kier alpha value is -3.09. The Labute approximate surface area is 181 Å². The van der Waals surface area contributed by atoms with Gasteiger partial charge in [-0.3, -0.25) is 0 Å². The highest BCUT2D eigenvalue weighted by atomic mass is 35.5. The summed E-state index contributed by atoms with van der Waals surface area (Å²) in [5, 5.41) is 5.18. The highest BCUT2D eigenvalue weighted by Gasteiger charge is 2.19. The second kappa shape index (κ2) is 7.97. The van der Waals surface area contributed by atoms with E-state index in [2.05, 4.69) is 16.0 Å². The minimum Gasteiger partial charge on any atom is -0.200 e. The maximum atomic E-state index is 12.9. The molecule has 0 aliphatic rings. The van der Waals surface area contributed by atoms with Crippen LogP contribution in [0.15, 0.2) is 83.8 Å². The Bertz CT molecular complexity index is 1300. The van der Waals surface area contributed by atoms with E-state index in [1.54, 1.807) is 42.5 Å². The van der Waals surface area contributed by atoms with Gasteiger partial charge in [0, 0.05) is 16.1 Å². The molecule has 5 nitrogen and oxygen atoms in total. The van der Waals surface area contributed by atoms with Crippen molar-refractivity contribution >= 4 is 21.6 Å². The zero-order valence-corrected chi connectivity index (χ0v) is 18.1. The standard InChI is InChI=1S/C23H20ClN3O2S/c1-16-8-13-21(17(2)14-16)22-15-23(18-9-11-19(24)12-10-18)27(25-22)26-30(28,29)20-6-4-3-5-7-20/h3-15,26H,1-2H3. The fourth-order valence-corrected chi connectivity index (χ4v) is 4.39. The van der Waals surface area contributed by atoms with Crippen molar-refractivity contribution in [3.05, 3.63) is 95.0 Å². The van der Waals surface area contributed by atoms with Gasteiger partial charge in [-0.15, -0.1) is 0 Å². The average molecular weight is 438 g/mol. The van der Waals surface area contributed by atoms with Crippen LogP contribution in [-0.2, 0) is 10.0 Å². The number of hydrogen-bond donors (Lipinski definition) is 1. The third kappa shape index (κ3) is 4.10. The van der Waals surface area contributed by atoms with Gasteiger partial charge in [0.05, 0.1) is 16.3 Å². The SMILES string of the molecule is Cc1ccc(-c2cc(-c3ccc(Cl)cc3)n(NS(=O)(=O)c3ccccc3)n2)c(C)c1. The molecule has 30 heavy (non-hydrogen) atoms. The summed E-state index contributed by atoms with van der Waals surface area (Å²) >= 11 is 6.03. The molecule has 0 amide bonds. The van der Waals surface area contributed by atoms with E-state index in [4.69, 9.17) is 11.6 Å². The van der Waals surface area contributed by atoms with Crippen molar-refractivity contribution in [3.8, 4) is 22.5 Å².